The van der Waals surface area contributed by atoms with Crippen LogP contribution < -0.4 is 0 Å². The van der Waals surface area contributed by atoms with Gasteiger partial charge < -0.3 is 0 Å². The first-order chi connectivity index (χ1) is 4.35. The molecule has 0 amide bonds. The van der Waals surface area contributed by atoms with Crippen molar-refractivity contribution in [2.45, 2.75) is 6.92 Å². The summed E-state index contributed by atoms with van der Waals surface area (Å²) in [4.78, 5) is 9.65. The van der Waals surface area contributed by atoms with E-state index in [1.54, 1.807) is 19.1 Å². The van der Waals surface area contributed by atoms with Crippen molar-refractivity contribution in [2.75, 3.05) is 6.67 Å². The number of hydrogen-bond acceptors (Lipinski definition) is 2. The van der Waals surface area contributed by atoms with Gasteiger partial charge in [-0.3, -0.25) is 0 Å². The molecule has 0 N–H and O–H groups in total. The van der Waals surface area contributed by atoms with E-state index in [2.05, 4.69) is 5.18 Å². The van der Waals surface area contributed by atoms with Gasteiger partial charge in [0.15, 0.2) is 0 Å². The Morgan fingerprint density at radius 1 is 1.78 bits per heavy atom. The van der Waals surface area contributed by atoms with Crippen LogP contribution in [0.25, 0.3) is 0 Å². The van der Waals surface area contributed by atoms with Gasteiger partial charge in [-0.2, -0.15) is 0 Å². The molecule has 0 bridgehead atoms. The average molecular weight is 129 g/mol. The van der Waals surface area contributed by atoms with Gasteiger partial charge in [0.25, 0.3) is 0 Å². The zero-order chi connectivity index (χ0) is 7.11. The average Bonchev–Trinajstić information content (AvgIpc) is 1.91. The second-order valence-electron chi connectivity index (χ2n) is 1.41. The van der Waals surface area contributed by atoms with Crippen LogP contribution in [-0.2, 0) is 0 Å². The molecule has 0 aliphatic heterocycles. The Kier molecular flexibility index (Phi) is 4.59. The Balaban J connectivity index is 3.90. The zero-order valence-corrected chi connectivity index (χ0v) is 5.17. The van der Waals surface area contributed by atoms with E-state index in [0.29, 0.717) is 0 Å². The Bertz CT molecular complexity index is 140. The lowest BCUT2D eigenvalue weighted by atomic mass is 10.4. The molecule has 0 aliphatic carbocycles. The van der Waals surface area contributed by atoms with Crippen LogP contribution in [0.5, 0.6) is 0 Å². The minimum atomic E-state index is -0.798. The van der Waals surface area contributed by atoms with Gasteiger partial charge in [0.05, 0.1) is 0 Å². The number of nitroso groups, excluding NO2 is 1. The number of hydrogen-bond donors (Lipinski definition) is 0. The molecule has 3 heteroatoms. The minimum Gasteiger partial charge on any atom is -0.244 e. The number of rotatable bonds is 3. The van der Waals surface area contributed by atoms with Crippen molar-refractivity contribution in [3.63, 3.8) is 0 Å². The van der Waals surface area contributed by atoms with Gasteiger partial charge in [-0.05, 0) is 18.2 Å². The quantitative estimate of drug-likeness (QED) is 0.424. The molecule has 2 nitrogen and oxygen atoms in total. The summed E-state index contributed by atoms with van der Waals surface area (Å²) in [6, 6.07) is 0. The van der Waals surface area contributed by atoms with Crippen molar-refractivity contribution in [3.05, 3.63) is 28.8 Å². The number of alkyl halides is 1. The van der Waals surface area contributed by atoms with Crippen molar-refractivity contribution < 1.29 is 4.39 Å². The summed E-state index contributed by atoms with van der Waals surface area (Å²) in [5, 5.41) is 2.43. The second-order valence-corrected chi connectivity index (χ2v) is 1.41. The first kappa shape index (κ1) is 8.01. The van der Waals surface area contributed by atoms with Crippen molar-refractivity contribution in [1.29, 1.82) is 0 Å². The van der Waals surface area contributed by atoms with Crippen LogP contribution >= 0.6 is 0 Å². The molecular formula is C6H8FNO. The van der Waals surface area contributed by atoms with E-state index in [4.69, 9.17) is 0 Å². The predicted octanol–water partition coefficient (Wildman–Crippen LogP) is 2.18. The van der Waals surface area contributed by atoms with Gasteiger partial charge in [-0.15, -0.1) is 4.91 Å². The third kappa shape index (κ3) is 3.58. The Morgan fingerprint density at radius 2 is 2.44 bits per heavy atom. The molecule has 0 rings (SSSR count). The Labute approximate surface area is 53.0 Å². The van der Waals surface area contributed by atoms with E-state index in [-0.39, 0.29) is 5.70 Å². The van der Waals surface area contributed by atoms with Crippen molar-refractivity contribution in [2.24, 2.45) is 5.18 Å². The summed E-state index contributed by atoms with van der Waals surface area (Å²) in [7, 11) is 0. The van der Waals surface area contributed by atoms with Crippen molar-refractivity contribution in [3.8, 4) is 0 Å². The van der Waals surface area contributed by atoms with E-state index in [1.807, 2.05) is 0 Å². The molecule has 0 fully saturated rings. The van der Waals surface area contributed by atoms with Crippen LogP contribution in [0.4, 0.5) is 4.39 Å². The fourth-order valence-electron chi connectivity index (χ4n) is 0.307. The summed E-state index contributed by atoms with van der Waals surface area (Å²) in [6.07, 6.45) is 4.60. The van der Waals surface area contributed by atoms with E-state index in [9.17, 15) is 9.30 Å². The van der Waals surface area contributed by atoms with Crippen LogP contribution in [-0.4, -0.2) is 6.67 Å². The summed E-state index contributed by atoms with van der Waals surface area (Å²) in [6.45, 7) is 0.977. The lowest BCUT2D eigenvalue weighted by Crippen LogP contribution is -1.76. The molecule has 0 aromatic carbocycles. The van der Waals surface area contributed by atoms with Crippen LogP contribution in [0, 0.1) is 4.91 Å². The number of halogens is 1. The molecule has 0 unspecified atom stereocenters. The molecule has 0 saturated heterocycles. The molecule has 0 aromatic rings. The highest BCUT2D eigenvalue weighted by Gasteiger charge is 1.89. The van der Waals surface area contributed by atoms with Crippen LogP contribution in [0.15, 0.2) is 29.1 Å². The molecule has 0 atom stereocenters. The highest BCUT2D eigenvalue weighted by atomic mass is 19.1. The molecule has 0 radical (unpaired) electrons. The summed E-state index contributed by atoms with van der Waals surface area (Å²) >= 11 is 0. The minimum absolute atomic E-state index is 0.0758. The smallest absolute Gasteiger partial charge is 0.135 e. The maximum atomic E-state index is 11.6. The SMILES string of the molecule is C/C=C/C=C(\CF)N=O. The third-order valence-corrected chi connectivity index (χ3v) is 0.735. The maximum Gasteiger partial charge on any atom is 0.135 e. The van der Waals surface area contributed by atoms with Gasteiger partial charge in [0, 0.05) is 0 Å². The third-order valence-electron chi connectivity index (χ3n) is 0.735. The lowest BCUT2D eigenvalue weighted by molar-refractivity contribution is 0.540. The van der Waals surface area contributed by atoms with E-state index < -0.39 is 6.67 Å². The lowest BCUT2D eigenvalue weighted by Gasteiger charge is -1.81. The van der Waals surface area contributed by atoms with Crippen molar-refractivity contribution >= 4 is 0 Å². The fourth-order valence-corrected chi connectivity index (χ4v) is 0.307. The maximum absolute atomic E-state index is 11.6. The normalized spacial score (nSPS) is 12.4. The molecule has 0 saturated carbocycles. The Hall–Kier alpha value is -0.990. The molecule has 9 heavy (non-hydrogen) atoms. The molecule has 0 aliphatic rings. The number of allylic oxidation sites excluding steroid dienone is 4. The number of nitrogens with zero attached hydrogens (tertiary/aromatic N) is 1. The summed E-state index contributed by atoms with van der Waals surface area (Å²) < 4.78 is 11.6. The van der Waals surface area contributed by atoms with E-state index in [1.165, 1.54) is 6.08 Å². The van der Waals surface area contributed by atoms with Crippen LogP contribution in [0.1, 0.15) is 6.92 Å². The van der Waals surface area contributed by atoms with Crippen molar-refractivity contribution in [1.82, 2.24) is 0 Å². The van der Waals surface area contributed by atoms with E-state index >= 15 is 0 Å². The van der Waals surface area contributed by atoms with Crippen LogP contribution in [0.3, 0.4) is 0 Å². The van der Waals surface area contributed by atoms with Gasteiger partial charge in [0.1, 0.15) is 12.4 Å². The Morgan fingerprint density at radius 3 is 2.78 bits per heavy atom. The topological polar surface area (TPSA) is 29.4 Å². The van der Waals surface area contributed by atoms with E-state index in [0.717, 1.165) is 0 Å². The summed E-state index contributed by atoms with van der Waals surface area (Å²) in [5.41, 5.74) is -0.0758. The molecule has 0 aromatic heterocycles. The van der Waals surface area contributed by atoms with Gasteiger partial charge in [-0.1, -0.05) is 12.2 Å². The van der Waals surface area contributed by atoms with Gasteiger partial charge in [-0.25, -0.2) is 4.39 Å². The van der Waals surface area contributed by atoms with Gasteiger partial charge in [0.2, 0.25) is 0 Å². The highest BCUT2D eigenvalue weighted by Crippen LogP contribution is 1.95. The van der Waals surface area contributed by atoms with Crippen LogP contribution in [0.2, 0.25) is 0 Å². The molecule has 50 valence electrons. The predicted molar refractivity (Wildman–Crippen MR) is 34.7 cm³/mol. The first-order valence-electron chi connectivity index (χ1n) is 2.56. The van der Waals surface area contributed by atoms with Gasteiger partial charge >= 0.3 is 0 Å². The fraction of sp³-hybridized carbons (Fsp3) is 0.333. The standard InChI is InChI=1S/C6H8FNO/c1-2-3-4-6(5-7)8-9/h2-4H,5H2,1H3/b3-2+,6-4+. The zero-order valence-electron chi connectivity index (χ0n) is 5.17. The second kappa shape index (κ2) is 5.15. The largest absolute Gasteiger partial charge is 0.244 e. The molecular weight excluding hydrogens is 121 g/mol. The first-order valence-corrected chi connectivity index (χ1v) is 2.56. The highest BCUT2D eigenvalue weighted by molar-refractivity contribution is 5.10. The molecule has 0 heterocycles. The summed E-state index contributed by atoms with van der Waals surface area (Å²) in [5.74, 6) is 0. The monoisotopic (exact) mass is 129 g/mol. The molecule has 0 spiro atoms.